The van der Waals surface area contributed by atoms with Crippen molar-refractivity contribution < 1.29 is 4.79 Å². The van der Waals surface area contributed by atoms with E-state index < -0.39 is 0 Å². The molecule has 0 bridgehead atoms. The lowest BCUT2D eigenvalue weighted by atomic mass is 10.00. The van der Waals surface area contributed by atoms with Gasteiger partial charge in [-0.15, -0.1) is 11.3 Å². The van der Waals surface area contributed by atoms with Gasteiger partial charge in [0.1, 0.15) is 0 Å². The van der Waals surface area contributed by atoms with Gasteiger partial charge in [0.15, 0.2) is 5.13 Å². The molecule has 1 aromatic rings. The van der Waals surface area contributed by atoms with E-state index in [-0.39, 0.29) is 12.1 Å². The van der Waals surface area contributed by atoms with Gasteiger partial charge in [-0.2, -0.15) is 0 Å². The van der Waals surface area contributed by atoms with Crippen LogP contribution in [0.4, 0.5) is 9.93 Å². The first-order valence-electron chi connectivity index (χ1n) is 7.35. The highest BCUT2D eigenvalue weighted by molar-refractivity contribution is 7.13. The van der Waals surface area contributed by atoms with Crippen molar-refractivity contribution >= 4 is 22.5 Å². The Kier molecular flexibility index (Phi) is 5.37. The number of aromatic nitrogens is 1. The van der Waals surface area contributed by atoms with Crippen LogP contribution in [0.3, 0.4) is 0 Å². The quantitative estimate of drug-likeness (QED) is 0.897. The van der Waals surface area contributed by atoms with E-state index in [0.29, 0.717) is 5.13 Å². The molecular formula is C14H24N4OS. The molecule has 1 aromatic heterocycles. The Morgan fingerprint density at radius 2 is 2.25 bits per heavy atom. The molecule has 0 radical (unpaired) electrons. The summed E-state index contributed by atoms with van der Waals surface area (Å²) in [6.45, 7) is 8.99. The molecule has 1 aliphatic heterocycles. The Morgan fingerprint density at radius 3 is 2.90 bits per heavy atom. The van der Waals surface area contributed by atoms with E-state index in [2.05, 4.69) is 36.4 Å². The number of carbonyl (C=O) groups is 1. The summed E-state index contributed by atoms with van der Waals surface area (Å²) in [6, 6.07) is 0.201. The third-order valence-corrected chi connectivity index (χ3v) is 4.54. The fraction of sp³-hybridized carbons (Fsp3) is 0.714. The molecule has 6 heteroatoms. The second-order valence-electron chi connectivity index (χ2n) is 5.46. The number of piperidine rings is 1. The van der Waals surface area contributed by atoms with Gasteiger partial charge in [0, 0.05) is 24.5 Å². The molecule has 0 aromatic carbocycles. The summed E-state index contributed by atoms with van der Waals surface area (Å²) in [6.07, 6.45) is 2.18. The maximum atomic E-state index is 12.1. The smallest absolute Gasteiger partial charge is 0.323 e. The minimum absolute atomic E-state index is 0.0195. The van der Waals surface area contributed by atoms with Gasteiger partial charge < -0.3 is 10.2 Å². The van der Waals surface area contributed by atoms with Gasteiger partial charge in [-0.05, 0) is 32.2 Å². The lowest BCUT2D eigenvalue weighted by Gasteiger charge is -2.29. The maximum Gasteiger partial charge on any atom is 0.323 e. The van der Waals surface area contributed by atoms with E-state index in [1.165, 1.54) is 11.3 Å². The molecule has 1 saturated heterocycles. The monoisotopic (exact) mass is 296 g/mol. The van der Waals surface area contributed by atoms with E-state index in [9.17, 15) is 4.79 Å². The summed E-state index contributed by atoms with van der Waals surface area (Å²) in [7, 11) is 0. The third-order valence-electron chi connectivity index (χ3n) is 3.76. The summed E-state index contributed by atoms with van der Waals surface area (Å²) >= 11 is 1.49. The zero-order valence-corrected chi connectivity index (χ0v) is 13.3. The SMILES string of the molecule is CCNC(C)c1csc(NC(=O)N2CCC(C)CC2)n1. The lowest BCUT2D eigenvalue weighted by Crippen LogP contribution is -2.40. The number of amides is 2. The summed E-state index contributed by atoms with van der Waals surface area (Å²) in [5, 5.41) is 8.92. The van der Waals surface area contributed by atoms with Crippen molar-refractivity contribution in [3.05, 3.63) is 11.1 Å². The summed E-state index contributed by atoms with van der Waals surface area (Å²) in [4.78, 5) is 18.5. The van der Waals surface area contributed by atoms with Crippen LogP contribution in [0.1, 0.15) is 45.3 Å². The molecule has 1 fully saturated rings. The van der Waals surface area contributed by atoms with Crippen LogP contribution in [0, 0.1) is 5.92 Å². The average molecular weight is 296 g/mol. The molecule has 20 heavy (non-hydrogen) atoms. The Hall–Kier alpha value is -1.14. The van der Waals surface area contributed by atoms with Crippen LogP contribution in [0.15, 0.2) is 5.38 Å². The number of carbonyl (C=O) groups excluding carboxylic acids is 1. The molecule has 2 amide bonds. The van der Waals surface area contributed by atoms with Crippen LogP contribution in [-0.2, 0) is 0 Å². The van der Waals surface area contributed by atoms with Crippen LogP contribution in [0.25, 0.3) is 0 Å². The van der Waals surface area contributed by atoms with Gasteiger partial charge in [0.2, 0.25) is 0 Å². The molecule has 2 heterocycles. The van der Waals surface area contributed by atoms with Gasteiger partial charge in [0.05, 0.1) is 5.69 Å². The van der Waals surface area contributed by atoms with Crippen LogP contribution in [0.5, 0.6) is 0 Å². The van der Waals surface area contributed by atoms with Gasteiger partial charge >= 0.3 is 6.03 Å². The fourth-order valence-corrected chi connectivity index (χ4v) is 3.13. The van der Waals surface area contributed by atoms with Gasteiger partial charge in [-0.1, -0.05) is 13.8 Å². The first-order chi connectivity index (χ1) is 9.60. The van der Waals surface area contributed by atoms with Crippen LogP contribution < -0.4 is 10.6 Å². The van der Waals surface area contributed by atoms with Crippen LogP contribution >= 0.6 is 11.3 Å². The molecule has 0 aliphatic carbocycles. The molecule has 5 nitrogen and oxygen atoms in total. The molecular weight excluding hydrogens is 272 g/mol. The molecule has 1 unspecified atom stereocenters. The van der Waals surface area contributed by atoms with Crippen molar-refractivity contribution in [3.63, 3.8) is 0 Å². The molecule has 1 atom stereocenters. The number of thiazole rings is 1. The van der Waals surface area contributed by atoms with Crippen molar-refractivity contribution in [1.29, 1.82) is 0 Å². The highest BCUT2D eigenvalue weighted by Crippen LogP contribution is 2.22. The summed E-state index contributed by atoms with van der Waals surface area (Å²) in [5.41, 5.74) is 0.986. The van der Waals surface area contributed by atoms with Crippen molar-refractivity contribution in [2.75, 3.05) is 25.0 Å². The number of nitrogens with one attached hydrogen (secondary N) is 2. The van der Waals surface area contributed by atoms with Crippen molar-refractivity contribution in [2.45, 2.75) is 39.7 Å². The predicted molar refractivity (Wildman–Crippen MR) is 83.2 cm³/mol. The standard InChI is InChI=1S/C14H24N4OS/c1-4-15-11(3)12-9-20-13(16-12)17-14(19)18-7-5-10(2)6-8-18/h9-11,15H,4-8H2,1-3H3,(H,16,17,19). The Labute approximate surface area is 124 Å². The van der Waals surface area contributed by atoms with Crippen LogP contribution in [-0.4, -0.2) is 35.5 Å². The van der Waals surface area contributed by atoms with Crippen molar-refractivity contribution in [3.8, 4) is 0 Å². The number of likely N-dealkylation sites (tertiary alicyclic amines) is 1. The predicted octanol–water partition coefficient (Wildman–Crippen LogP) is 3.08. The number of hydrogen-bond acceptors (Lipinski definition) is 4. The highest BCUT2D eigenvalue weighted by atomic mass is 32.1. The zero-order chi connectivity index (χ0) is 14.5. The minimum Gasteiger partial charge on any atom is -0.324 e. The minimum atomic E-state index is -0.0195. The average Bonchev–Trinajstić information content (AvgIpc) is 2.88. The van der Waals surface area contributed by atoms with Gasteiger partial charge in [0.25, 0.3) is 0 Å². The second kappa shape index (κ2) is 7.04. The van der Waals surface area contributed by atoms with E-state index in [1.807, 2.05) is 10.3 Å². The molecule has 2 rings (SSSR count). The number of anilines is 1. The topological polar surface area (TPSA) is 57.3 Å². The van der Waals surface area contributed by atoms with Crippen molar-refractivity contribution in [2.24, 2.45) is 5.92 Å². The number of urea groups is 1. The molecule has 2 N–H and O–H groups in total. The largest absolute Gasteiger partial charge is 0.324 e. The number of hydrogen-bond donors (Lipinski definition) is 2. The lowest BCUT2D eigenvalue weighted by molar-refractivity contribution is 0.186. The Morgan fingerprint density at radius 1 is 1.55 bits per heavy atom. The highest BCUT2D eigenvalue weighted by Gasteiger charge is 2.21. The normalized spacial score (nSPS) is 18.1. The molecule has 112 valence electrons. The first-order valence-corrected chi connectivity index (χ1v) is 8.22. The van der Waals surface area contributed by atoms with E-state index in [0.717, 1.165) is 44.1 Å². The van der Waals surface area contributed by atoms with Crippen molar-refractivity contribution in [1.82, 2.24) is 15.2 Å². The van der Waals surface area contributed by atoms with Crippen LogP contribution in [0.2, 0.25) is 0 Å². The Balaban J connectivity index is 1.88. The first kappa shape index (κ1) is 15.3. The maximum absolute atomic E-state index is 12.1. The summed E-state index contributed by atoms with van der Waals surface area (Å²) < 4.78 is 0. The van der Waals surface area contributed by atoms with Gasteiger partial charge in [-0.3, -0.25) is 5.32 Å². The molecule has 0 spiro atoms. The molecule has 1 aliphatic rings. The zero-order valence-electron chi connectivity index (χ0n) is 12.5. The van der Waals surface area contributed by atoms with E-state index in [4.69, 9.17) is 0 Å². The number of nitrogens with zero attached hydrogens (tertiary/aromatic N) is 2. The second-order valence-corrected chi connectivity index (χ2v) is 6.31. The molecule has 0 saturated carbocycles. The third kappa shape index (κ3) is 3.93. The summed E-state index contributed by atoms with van der Waals surface area (Å²) in [5.74, 6) is 0.728. The van der Waals surface area contributed by atoms with Gasteiger partial charge in [-0.25, -0.2) is 9.78 Å². The number of rotatable bonds is 4. The fourth-order valence-electron chi connectivity index (χ4n) is 2.34. The van der Waals surface area contributed by atoms with E-state index >= 15 is 0 Å². The van der Waals surface area contributed by atoms with E-state index in [1.54, 1.807) is 0 Å². The Bertz CT molecular complexity index is 440.